The minimum atomic E-state index is -0.130. The van der Waals surface area contributed by atoms with Crippen LogP contribution in [0, 0.1) is 0 Å². The summed E-state index contributed by atoms with van der Waals surface area (Å²) in [7, 11) is 0. The van der Waals surface area contributed by atoms with Crippen LogP contribution in [0.1, 0.15) is 25.0 Å². The fourth-order valence-corrected chi connectivity index (χ4v) is 6.34. The molecule has 0 aliphatic heterocycles. The first-order chi connectivity index (χ1) is 19.6. The molecular formula is C39H31N. The number of anilines is 3. The summed E-state index contributed by atoms with van der Waals surface area (Å²) in [6.07, 6.45) is 0. The highest BCUT2D eigenvalue weighted by atomic mass is 15.1. The first-order valence-corrected chi connectivity index (χ1v) is 14.0. The molecule has 1 heteroatoms. The Morgan fingerprint density at radius 2 is 0.900 bits per heavy atom. The van der Waals surface area contributed by atoms with Crippen molar-refractivity contribution in [3.63, 3.8) is 0 Å². The van der Waals surface area contributed by atoms with Crippen LogP contribution in [0.2, 0.25) is 0 Å². The van der Waals surface area contributed by atoms with Gasteiger partial charge in [0, 0.05) is 16.8 Å². The molecule has 6 aromatic rings. The Morgan fingerprint density at radius 3 is 1.50 bits per heavy atom. The van der Waals surface area contributed by atoms with Crippen molar-refractivity contribution >= 4 is 17.1 Å². The fourth-order valence-electron chi connectivity index (χ4n) is 6.34. The third-order valence-corrected chi connectivity index (χ3v) is 8.22. The second-order valence-corrected chi connectivity index (χ2v) is 11.0. The highest BCUT2D eigenvalue weighted by molar-refractivity contribution is 5.91. The van der Waals surface area contributed by atoms with E-state index in [1.165, 1.54) is 50.2 Å². The lowest BCUT2D eigenvalue weighted by Gasteiger charge is -2.32. The van der Waals surface area contributed by atoms with Gasteiger partial charge in [-0.25, -0.2) is 0 Å². The van der Waals surface area contributed by atoms with Gasteiger partial charge in [0.2, 0.25) is 0 Å². The van der Waals surface area contributed by atoms with Gasteiger partial charge in [-0.3, -0.25) is 0 Å². The summed E-state index contributed by atoms with van der Waals surface area (Å²) in [6.45, 7) is 4.72. The molecule has 6 aromatic carbocycles. The Hall–Kier alpha value is -4.88. The highest BCUT2D eigenvalue weighted by Gasteiger charge is 2.38. The Labute approximate surface area is 237 Å². The number of benzene rings is 6. The first-order valence-electron chi connectivity index (χ1n) is 14.0. The van der Waals surface area contributed by atoms with Crippen LogP contribution >= 0.6 is 0 Å². The predicted molar refractivity (Wildman–Crippen MR) is 170 cm³/mol. The summed E-state index contributed by atoms with van der Waals surface area (Å²) < 4.78 is 0. The minimum absolute atomic E-state index is 0.130. The van der Waals surface area contributed by atoms with E-state index < -0.39 is 0 Å². The lowest BCUT2D eigenvalue weighted by atomic mass is 9.81. The van der Waals surface area contributed by atoms with Gasteiger partial charge in [-0.2, -0.15) is 0 Å². The third kappa shape index (κ3) is 4.03. The average Bonchev–Trinajstić information content (AvgIpc) is 3.26. The van der Waals surface area contributed by atoms with Crippen LogP contribution in [0.25, 0.3) is 33.4 Å². The van der Waals surface area contributed by atoms with Crippen molar-refractivity contribution in [2.24, 2.45) is 0 Å². The molecule has 0 aromatic heterocycles. The second kappa shape index (κ2) is 9.70. The molecule has 0 fully saturated rings. The third-order valence-electron chi connectivity index (χ3n) is 8.22. The van der Waals surface area contributed by atoms with Crippen LogP contribution in [0.3, 0.4) is 0 Å². The quantitative estimate of drug-likeness (QED) is 0.222. The van der Waals surface area contributed by atoms with Crippen LogP contribution in [0.5, 0.6) is 0 Å². The zero-order valence-electron chi connectivity index (χ0n) is 22.9. The summed E-state index contributed by atoms with van der Waals surface area (Å²) in [5.41, 5.74) is 13.6. The Kier molecular flexibility index (Phi) is 5.86. The van der Waals surface area contributed by atoms with E-state index in [1.54, 1.807) is 0 Å². The molecule has 0 bridgehead atoms. The van der Waals surface area contributed by atoms with Gasteiger partial charge < -0.3 is 4.90 Å². The molecule has 1 aliphatic carbocycles. The van der Waals surface area contributed by atoms with Crippen molar-refractivity contribution in [2.45, 2.75) is 19.3 Å². The summed E-state index contributed by atoms with van der Waals surface area (Å²) in [5, 5.41) is 0. The van der Waals surface area contributed by atoms with Crippen molar-refractivity contribution in [3.8, 4) is 33.4 Å². The van der Waals surface area contributed by atoms with Crippen LogP contribution in [-0.2, 0) is 5.41 Å². The fraction of sp³-hybridized carbons (Fsp3) is 0.0769. The van der Waals surface area contributed by atoms with Crippen molar-refractivity contribution in [1.82, 2.24) is 0 Å². The van der Waals surface area contributed by atoms with Gasteiger partial charge in [0.15, 0.2) is 0 Å². The molecule has 0 spiro atoms. The van der Waals surface area contributed by atoms with E-state index in [4.69, 9.17) is 0 Å². The molecular weight excluding hydrogens is 482 g/mol. The van der Waals surface area contributed by atoms with Gasteiger partial charge in [0.05, 0.1) is 5.69 Å². The maximum absolute atomic E-state index is 2.45. The van der Waals surface area contributed by atoms with Gasteiger partial charge in [0.1, 0.15) is 0 Å². The Bertz CT molecular complexity index is 1730. The van der Waals surface area contributed by atoms with Gasteiger partial charge in [-0.1, -0.05) is 135 Å². The standard InChI is InChI=1S/C39H31N/c1-39(2)36-24-10-9-22-34(36)35-23-13-25-37(38(35)39)40(32-20-11-18-30(26-32)28-14-5-3-6-15-28)33-21-12-19-31(27-33)29-16-7-4-8-17-29/h3-27H,1-2H3. The monoisotopic (exact) mass is 513 g/mol. The lowest BCUT2D eigenvalue weighted by Crippen LogP contribution is -2.20. The lowest BCUT2D eigenvalue weighted by molar-refractivity contribution is 0.661. The molecule has 40 heavy (non-hydrogen) atoms. The summed E-state index contributed by atoms with van der Waals surface area (Å²) in [6, 6.07) is 54.8. The molecule has 0 radical (unpaired) electrons. The molecule has 0 saturated carbocycles. The molecule has 0 amide bonds. The van der Waals surface area contributed by atoms with Crippen LogP contribution < -0.4 is 4.90 Å². The van der Waals surface area contributed by atoms with Crippen LogP contribution in [0.4, 0.5) is 17.1 Å². The Balaban J connectivity index is 1.47. The zero-order valence-corrected chi connectivity index (χ0v) is 22.9. The topological polar surface area (TPSA) is 3.24 Å². The predicted octanol–water partition coefficient (Wildman–Crippen LogP) is 10.8. The highest BCUT2D eigenvalue weighted by Crippen LogP contribution is 2.54. The van der Waals surface area contributed by atoms with Gasteiger partial charge in [-0.15, -0.1) is 0 Å². The largest absolute Gasteiger partial charge is 0.310 e. The summed E-state index contributed by atoms with van der Waals surface area (Å²) >= 11 is 0. The van der Waals surface area contributed by atoms with Crippen LogP contribution in [-0.4, -0.2) is 0 Å². The Morgan fingerprint density at radius 1 is 0.425 bits per heavy atom. The molecule has 1 aliphatic rings. The number of nitrogens with zero attached hydrogens (tertiary/aromatic N) is 1. The van der Waals surface area contributed by atoms with E-state index in [-0.39, 0.29) is 5.41 Å². The number of hydrogen-bond acceptors (Lipinski definition) is 1. The zero-order chi connectivity index (χ0) is 27.1. The first kappa shape index (κ1) is 24.2. The number of hydrogen-bond donors (Lipinski definition) is 0. The van der Waals surface area contributed by atoms with Crippen molar-refractivity contribution < 1.29 is 0 Å². The summed E-state index contributed by atoms with van der Waals surface area (Å²) in [5.74, 6) is 0. The van der Waals surface area contributed by atoms with Gasteiger partial charge >= 0.3 is 0 Å². The number of rotatable bonds is 5. The summed E-state index contributed by atoms with van der Waals surface area (Å²) in [4.78, 5) is 2.45. The van der Waals surface area contributed by atoms with Crippen molar-refractivity contribution in [1.29, 1.82) is 0 Å². The molecule has 0 unspecified atom stereocenters. The number of fused-ring (bicyclic) bond motifs is 3. The smallest absolute Gasteiger partial charge is 0.0508 e. The van der Waals surface area contributed by atoms with Crippen LogP contribution in [0.15, 0.2) is 152 Å². The van der Waals surface area contributed by atoms with Gasteiger partial charge in [0.25, 0.3) is 0 Å². The SMILES string of the molecule is CC1(C)c2ccccc2-c2cccc(N(c3cccc(-c4ccccc4)c3)c3cccc(-c4ccccc4)c3)c21. The van der Waals surface area contributed by atoms with E-state index in [9.17, 15) is 0 Å². The maximum Gasteiger partial charge on any atom is 0.0508 e. The molecule has 192 valence electrons. The van der Waals surface area contributed by atoms with E-state index in [0.29, 0.717) is 0 Å². The molecule has 0 heterocycles. The molecule has 0 N–H and O–H groups in total. The molecule has 1 nitrogen and oxygen atoms in total. The van der Waals surface area contributed by atoms with E-state index >= 15 is 0 Å². The molecule has 0 saturated heterocycles. The normalized spacial score (nSPS) is 12.9. The van der Waals surface area contributed by atoms with Crippen molar-refractivity contribution in [3.05, 3.63) is 163 Å². The van der Waals surface area contributed by atoms with E-state index in [1.807, 2.05) is 0 Å². The second-order valence-electron chi connectivity index (χ2n) is 11.0. The molecule has 7 rings (SSSR count). The van der Waals surface area contributed by atoms with Gasteiger partial charge in [-0.05, 0) is 74.8 Å². The van der Waals surface area contributed by atoms with Crippen molar-refractivity contribution in [2.75, 3.05) is 4.90 Å². The molecule has 0 atom stereocenters. The van der Waals surface area contributed by atoms with E-state index in [2.05, 4.69) is 170 Å². The maximum atomic E-state index is 2.45. The van der Waals surface area contributed by atoms with E-state index in [0.717, 1.165) is 11.4 Å². The minimum Gasteiger partial charge on any atom is -0.310 e. The average molecular weight is 514 g/mol.